The predicted octanol–water partition coefficient (Wildman–Crippen LogP) is 1.23. The second kappa shape index (κ2) is 8.37. The quantitative estimate of drug-likeness (QED) is 0.704. The van der Waals surface area contributed by atoms with Crippen molar-refractivity contribution in [1.29, 1.82) is 0 Å². The van der Waals surface area contributed by atoms with Gasteiger partial charge in [-0.1, -0.05) is 13.8 Å². The zero-order valence-electron chi connectivity index (χ0n) is 12.0. The monoisotopic (exact) mass is 283 g/mol. The number of likely N-dealkylation sites (N-methyl/N-ethyl adjacent to an activating group) is 1. The summed E-state index contributed by atoms with van der Waals surface area (Å²) < 4.78 is 35.6. The summed E-state index contributed by atoms with van der Waals surface area (Å²) in [5.74, 6) is 0.0764. The lowest BCUT2D eigenvalue weighted by atomic mass is 10.0. The van der Waals surface area contributed by atoms with Crippen molar-refractivity contribution in [2.75, 3.05) is 33.7 Å². The van der Waals surface area contributed by atoms with Crippen molar-refractivity contribution < 1.29 is 18.0 Å². The predicted molar refractivity (Wildman–Crippen MR) is 68.9 cm³/mol. The first kappa shape index (κ1) is 18.2. The molecule has 0 aliphatic carbocycles. The molecule has 0 saturated carbocycles. The van der Waals surface area contributed by atoms with Crippen molar-refractivity contribution in [1.82, 2.24) is 15.5 Å². The van der Waals surface area contributed by atoms with E-state index in [2.05, 4.69) is 24.5 Å². The van der Waals surface area contributed by atoms with E-state index >= 15 is 0 Å². The number of hydrogen-bond donors (Lipinski definition) is 2. The first-order valence-corrected chi connectivity index (χ1v) is 6.32. The second-order valence-electron chi connectivity index (χ2n) is 5.27. The Balaban J connectivity index is 3.92. The summed E-state index contributed by atoms with van der Waals surface area (Å²) in [7, 11) is 3.84. The maximum Gasteiger partial charge on any atom is 0.401 e. The van der Waals surface area contributed by atoms with Crippen molar-refractivity contribution in [3.05, 3.63) is 0 Å². The standard InChI is InChI=1S/C12H24F3N3O/c1-9(2)5-10(18(3)4)6-17-11(19)7-16-8-12(13,14)15/h9-10,16H,5-8H2,1-4H3,(H,17,19). The number of carbonyl (C=O) groups excluding carboxylic acids is 1. The van der Waals surface area contributed by atoms with E-state index in [-0.39, 0.29) is 12.6 Å². The lowest BCUT2D eigenvalue weighted by molar-refractivity contribution is -0.128. The van der Waals surface area contributed by atoms with Crippen LogP contribution in [0.2, 0.25) is 0 Å². The van der Waals surface area contributed by atoms with Gasteiger partial charge in [0.15, 0.2) is 0 Å². The van der Waals surface area contributed by atoms with Gasteiger partial charge in [0.2, 0.25) is 5.91 Å². The molecule has 0 radical (unpaired) electrons. The lowest BCUT2D eigenvalue weighted by Gasteiger charge is -2.26. The van der Waals surface area contributed by atoms with E-state index < -0.39 is 18.6 Å². The summed E-state index contributed by atoms with van der Waals surface area (Å²) in [5, 5.41) is 4.71. The summed E-state index contributed by atoms with van der Waals surface area (Å²) in [6.07, 6.45) is -3.37. The molecule has 19 heavy (non-hydrogen) atoms. The molecular weight excluding hydrogens is 259 g/mol. The van der Waals surface area contributed by atoms with E-state index in [0.29, 0.717) is 12.5 Å². The van der Waals surface area contributed by atoms with E-state index in [4.69, 9.17) is 0 Å². The molecule has 0 aromatic heterocycles. The van der Waals surface area contributed by atoms with Crippen LogP contribution in [-0.2, 0) is 4.79 Å². The van der Waals surface area contributed by atoms with Gasteiger partial charge in [-0.15, -0.1) is 0 Å². The summed E-state index contributed by atoms with van der Waals surface area (Å²) in [6.45, 7) is 3.15. The number of amides is 1. The van der Waals surface area contributed by atoms with Crippen LogP contribution in [0.3, 0.4) is 0 Å². The zero-order valence-corrected chi connectivity index (χ0v) is 12.0. The molecule has 1 unspecified atom stereocenters. The van der Waals surface area contributed by atoms with Gasteiger partial charge in [-0.25, -0.2) is 0 Å². The number of carbonyl (C=O) groups is 1. The number of halogens is 3. The first-order chi connectivity index (χ1) is 8.61. The van der Waals surface area contributed by atoms with Crippen molar-refractivity contribution in [3.63, 3.8) is 0 Å². The maximum absolute atomic E-state index is 11.9. The Morgan fingerprint density at radius 1 is 1.26 bits per heavy atom. The highest BCUT2D eigenvalue weighted by Gasteiger charge is 2.26. The third kappa shape index (κ3) is 10.8. The van der Waals surface area contributed by atoms with Crippen molar-refractivity contribution in [2.24, 2.45) is 5.92 Å². The topological polar surface area (TPSA) is 44.4 Å². The van der Waals surface area contributed by atoms with Gasteiger partial charge in [0.1, 0.15) is 0 Å². The average molecular weight is 283 g/mol. The minimum atomic E-state index is -4.29. The molecule has 2 N–H and O–H groups in total. The van der Waals surface area contributed by atoms with Gasteiger partial charge in [-0.3, -0.25) is 4.79 Å². The van der Waals surface area contributed by atoms with Crippen LogP contribution < -0.4 is 10.6 Å². The van der Waals surface area contributed by atoms with Gasteiger partial charge < -0.3 is 15.5 Å². The number of nitrogens with zero attached hydrogens (tertiary/aromatic N) is 1. The number of nitrogens with one attached hydrogen (secondary N) is 2. The molecular formula is C12H24F3N3O. The van der Waals surface area contributed by atoms with Gasteiger partial charge >= 0.3 is 6.18 Å². The van der Waals surface area contributed by atoms with Gasteiger partial charge in [0.25, 0.3) is 0 Å². The highest BCUT2D eigenvalue weighted by Crippen LogP contribution is 2.11. The SMILES string of the molecule is CC(C)CC(CNC(=O)CNCC(F)(F)F)N(C)C. The van der Waals surface area contributed by atoms with E-state index in [1.807, 2.05) is 19.0 Å². The Bertz CT molecular complexity index is 267. The molecule has 0 aromatic carbocycles. The minimum absolute atomic E-state index is 0.187. The van der Waals surface area contributed by atoms with E-state index in [1.54, 1.807) is 0 Å². The van der Waals surface area contributed by atoms with Gasteiger partial charge in [0, 0.05) is 12.6 Å². The fourth-order valence-corrected chi connectivity index (χ4v) is 1.63. The number of alkyl halides is 3. The summed E-state index contributed by atoms with van der Waals surface area (Å²) in [4.78, 5) is 13.4. The molecule has 0 fully saturated rings. The van der Waals surface area contributed by atoms with Crippen LogP contribution in [0.1, 0.15) is 20.3 Å². The van der Waals surface area contributed by atoms with Crippen LogP contribution >= 0.6 is 0 Å². The van der Waals surface area contributed by atoms with Gasteiger partial charge in [-0.2, -0.15) is 13.2 Å². The van der Waals surface area contributed by atoms with Crippen LogP contribution in [0.25, 0.3) is 0 Å². The van der Waals surface area contributed by atoms with Crippen LogP contribution in [0, 0.1) is 5.92 Å². The Morgan fingerprint density at radius 3 is 2.26 bits per heavy atom. The first-order valence-electron chi connectivity index (χ1n) is 6.32. The Hall–Kier alpha value is -0.820. The molecule has 0 aromatic rings. The molecule has 114 valence electrons. The maximum atomic E-state index is 11.9. The molecule has 4 nitrogen and oxygen atoms in total. The Labute approximate surface area is 112 Å². The van der Waals surface area contributed by atoms with Crippen molar-refractivity contribution in [2.45, 2.75) is 32.5 Å². The van der Waals surface area contributed by atoms with E-state index in [1.165, 1.54) is 0 Å². The largest absolute Gasteiger partial charge is 0.401 e. The third-order valence-corrected chi connectivity index (χ3v) is 2.62. The second-order valence-corrected chi connectivity index (χ2v) is 5.27. The molecule has 1 amide bonds. The summed E-state index contributed by atoms with van der Waals surface area (Å²) in [5.41, 5.74) is 0. The van der Waals surface area contributed by atoms with E-state index in [0.717, 1.165) is 6.42 Å². The molecule has 0 heterocycles. The normalized spacial score (nSPS) is 13.9. The fourth-order valence-electron chi connectivity index (χ4n) is 1.63. The molecule has 0 rings (SSSR count). The van der Waals surface area contributed by atoms with Crippen LogP contribution in [-0.4, -0.2) is 56.8 Å². The molecule has 0 bridgehead atoms. The smallest absolute Gasteiger partial charge is 0.353 e. The van der Waals surface area contributed by atoms with Crippen LogP contribution in [0.5, 0.6) is 0 Å². The summed E-state index contributed by atoms with van der Waals surface area (Å²) >= 11 is 0. The minimum Gasteiger partial charge on any atom is -0.353 e. The number of rotatable bonds is 8. The fraction of sp³-hybridized carbons (Fsp3) is 0.917. The van der Waals surface area contributed by atoms with Crippen molar-refractivity contribution >= 4 is 5.91 Å². The van der Waals surface area contributed by atoms with Crippen LogP contribution in [0.15, 0.2) is 0 Å². The molecule has 7 heteroatoms. The lowest BCUT2D eigenvalue weighted by Crippen LogP contribution is -2.44. The Morgan fingerprint density at radius 2 is 1.84 bits per heavy atom. The molecule has 0 aliphatic heterocycles. The zero-order chi connectivity index (χ0) is 15.1. The molecule has 0 spiro atoms. The molecule has 0 saturated heterocycles. The highest BCUT2D eigenvalue weighted by molar-refractivity contribution is 5.78. The van der Waals surface area contributed by atoms with Gasteiger partial charge in [0.05, 0.1) is 13.1 Å². The average Bonchev–Trinajstić information content (AvgIpc) is 2.21. The number of hydrogen-bond acceptors (Lipinski definition) is 3. The van der Waals surface area contributed by atoms with Gasteiger partial charge in [-0.05, 0) is 26.4 Å². The van der Waals surface area contributed by atoms with Crippen LogP contribution in [0.4, 0.5) is 13.2 Å². The molecule has 1 atom stereocenters. The van der Waals surface area contributed by atoms with Crippen molar-refractivity contribution in [3.8, 4) is 0 Å². The highest BCUT2D eigenvalue weighted by atomic mass is 19.4. The third-order valence-electron chi connectivity index (χ3n) is 2.62. The molecule has 0 aliphatic rings. The Kier molecular flexibility index (Phi) is 8.01. The van der Waals surface area contributed by atoms with E-state index in [9.17, 15) is 18.0 Å². The summed E-state index contributed by atoms with van der Waals surface area (Å²) in [6, 6.07) is 0.187.